The van der Waals surface area contributed by atoms with Gasteiger partial charge >= 0.3 is 5.13 Å². The molecule has 0 radical (unpaired) electrons. The predicted molar refractivity (Wildman–Crippen MR) is 110 cm³/mol. The van der Waals surface area contributed by atoms with Gasteiger partial charge in [-0.25, -0.2) is 5.43 Å². The van der Waals surface area contributed by atoms with Gasteiger partial charge in [0, 0.05) is 5.56 Å². The van der Waals surface area contributed by atoms with Crippen LogP contribution in [0, 0.1) is 6.92 Å². The maximum absolute atomic E-state index is 4.90. The van der Waals surface area contributed by atoms with Gasteiger partial charge in [0.25, 0.3) is 0 Å². The number of rotatable bonds is 3. The van der Waals surface area contributed by atoms with E-state index in [4.69, 9.17) is 10.1 Å². The standard InChI is InChI=1S/C21H17N5S.ClH/c1-15-11-13-17(14-12-15)25-23-20(16-7-3-2-4-8-16)24-26(25)21-22-18-9-5-6-10-19(18)27-21;/h2-14H,1H3,(H,23,24);1H. The van der Waals surface area contributed by atoms with E-state index in [9.17, 15) is 0 Å². The van der Waals surface area contributed by atoms with Crippen LogP contribution in [0.2, 0.25) is 0 Å². The first-order valence-corrected chi connectivity index (χ1v) is 9.60. The molecule has 2 N–H and O–H groups in total. The van der Waals surface area contributed by atoms with Crippen molar-refractivity contribution in [1.82, 2.24) is 10.4 Å². The number of halogens is 1. The first-order chi connectivity index (χ1) is 13.3. The quantitative estimate of drug-likeness (QED) is 0.517. The number of para-hydroxylation sites is 1. The Balaban J connectivity index is 0.00000192. The van der Waals surface area contributed by atoms with Crippen LogP contribution in [0.4, 0.5) is 10.8 Å². The third kappa shape index (κ3) is 3.33. The molecule has 4 aromatic rings. The average Bonchev–Trinajstić information content (AvgIpc) is 3.33. The molecular formula is C21H18ClN5S. The zero-order chi connectivity index (χ0) is 18.2. The van der Waals surface area contributed by atoms with Gasteiger partial charge in [0.1, 0.15) is 5.69 Å². The summed E-state index contributed by atoms with van der Waals surface area (Å²) in [6.45, 7) is 2.09. The molecule has 0 spiro atoms. The summed E-state index contributed by atoms with van der Waals surface area (Å²) in [6, 6.07) is 26.7. The highest BCUT2D eigenvalue weighted by molar-refractivity contribution is 7.21. The average molecular weight is 408 g/mol. The second kappa shape index (κ2) is 7.59. The molecular weight excluding hydrogens is 390 g/mol. The second-order valence-corrected chi connectivity index (χ2v) is 7.45. The Kier molecular flexibility index (Phi) is 5.00. The van der Waals surface area contributed by atoms with Crippen molar-refractivity contribution < 1.29 is 17.5 Å². The van der Waals surface area contributed by atoms with E-state index in [1.54, 1.807) is 11.3 Å². The first-order valence-electron chi connectivity index (χ1n) is 8.78. The number of fused-ring (bicyclic) bond motifs is 1. The minimum Gasteiger partial charge on any atom is -1.00 e. The Bertz CT molecular complexity index is 1090. The van der Waals surface area contributed by atoms with Gasteiger partial charge in [-0.15, -0.1) is 0 Å². The Morgan fingerprint density at radius 1 is 0.893 bits per heavy atom. The highest BCUT2D eigenvalue weighted by atomic mass is 35.5. The molecule has 0 amide bonds. The molecule has 0 saturated heterocycles. The second-order valence-electron chi connectivity index (χ2n) is 6.42. The first kappa shape index (κ1) is 18.4. The van der Waals surface area contributed by atoms with Crippen LogP contribution >= 0.6 is 11.3 Å². The number of hydrogen-bond donors (Lipinski definition) is 2. The Morgan fingerprint density at radius 3 is 2.36 bits per heavy atom. The van der Waals surface area contributed by atoms with Crippen molar-refractivity contribution in [2.45, 2.75) is 6.92 Å². The molecule has 5 rings (SSSR count). The van der Waals surface area contributed by atoms with E-state index in [0.29, 0.717) is 0 Å². The normalized spacial score (nSPS) is 15.8. The lowest BCUT2D eigenvalue weighted by molar-refractivity contribution is -0.846. The number of aromatic nitrogens is 1. The predicted octanol–water partition coefficient (Wildman–Crippen LogP) is 0.427. The van der Waals surface area contributed by atoms with Crippen molar-refractivity contribution in [2.24, 2.45) is 5.10 Å². The topological polar surface area (TPSA) is 45.0 Å². The van der Waals surface area contributed by atoms with Crippen molar-refractivity contribution >= 4 is 38.2 Å². The fraction of sp³-hybridized carbons (Fsp3) is 0.0476. The number of quaternary nitrogens is 1. The summed E-state index contributed by atoms with van der Waals surface area (Å²) in [7, 11) is 0. The Hall–Kier alpha value is -2.93. The minimum atomic E-state index is 0. The van der Waals surface area contributed by atoms with Gasteiger partial charge < -0.3 is 12.4 Å². The van der Waals surface area contributed by atoms with Crippen LogP contribution in [0.5, 0.6) is 0 Å². The molecule has 1 aromatic heterocycles. The number of aryl methyl sites for hydroxylation is 1. The zero-order valence-electron chi connectivity index (χ0n) is 15.1. The van der Waals surface area contributed by atoms with Crippen molar-refractivity contribution in [2.75, 3.05) is 5.12 Å². The molecule has 1 aliphatic heterocycles. The number of hydrazine groups is 1. The number of benzene rings is 3. The van der Waals surface area contributed by atoms with Crippen LogP contribution < -0.4 is 28.1 Å². The smallest absolute Gasteiger partial charge is 0.339 e. The Labute approximate surface area is 173 Å². The number of amidine groups is 1. The van der Waals surface area contributed by atoms with E-state index < -0.39 is 0 Å². The highest BCUT2D eigenvalue weighted by Crippen LogP contribution is 2.24. The van der Waals surface area contributed by atoms with Gasteiger partial charge in [0.05, 0.1) is 10.2 Å². The summed E-state index contributed by atoms with van der Waals surface area (Å²) in [4.78, 5) is 4.81. The van der Waals surface area contributed by atoms with E-state index in [1.807, 2.05) is 41.5 Å². The maximum Gasteiger partial charge on any atom is 0.339 e. The zero-order valence-corrected chi connectivity index (χ0v) is 16.7. The van der Waals surface area contributed by atoms with Crippen LogP contribution in [0.15, 0.2) is 84.0 Å². The SMILES string of the molecule is Cc1ccc(N2NC(c3ccccc3)=N[NH+]2c2nc3ccccc3s2)cc1.[Cl-]. The van der Waals surface area contributed by atoms with Crippen LogP contribution in [0.25, 0.3) is 10.2 Å². The summed E-state index contributed by atoms with van der Waals surface area (Å²) < 4.78 is 1.16. The van der Waals surface area contributed by atoms with Gasteiger partial charge in [-0.1, -0.05) is 76.6 Å². The van der Waals surface area contributed by atoms with Gasteiger partial charge in [-0.2, -0.15) is 4.98 Å². The third-order valence-corrected chi connectivity index (χ3v) is 5.50. The molecule has 7 heteroatoms. The molecule has 1 atom stereocenters. The monoisotopic (exact) mass is 407 g/mol. The fourth-order valence-electron chi connectivity index (χ4n) is 3.06. The fourth-order valence-corrected chi connectivity index (χ4v) is 4.00. The highest BCUT2D eigenvalue weighted by Gasteiger charge is 2.34. The van der Waals surface area contributed by atoms with E-state index in [1.165, 1.54) is 5.56 Å². The van der Waals surface area contributed by atoms with Crippen LogP contribution in [0.1, 0.15) is 11.1 Å². The number of hydrogen-bond acceptors (Lipinski definition) is 5. The Morgan fingerprint density at radius 2 is 1.61 bits per heavy atom. The molecule has 5 nitrogen and oxygen atoms in total. The van der Waals surface area contributed by atoms with Crippen LogP contribution in [-0.4, -0.2) is 10.8 Å². The summed E-state index contributed by atoms with van der Waals surface area (Å²) >= 11 is 1.66. The molecule has 3 aromatic carbocycles. The van der Waals surface area contributed by atoms with Crippen molar-refractivity contribution in [1.29, 1.82) is 0 Å². The van der Waals surface area contributed by atoms with E-state index in [2.05, 4.69) is 54.8 Å². The number of anilines is 1. The van der Waals surface area contributed by atoms with E-state index in [-0.39, 0.29) is 12.4 Å². The lowest BCUT2D eigenvalue weighted by atomic mass is 10.2. The van der Waals surface area contributed by atoms with Crippen LogP contribution in [0.3, 0.4) is 0 Å². The minimum absolute atomic E-state index is 0. The molecule has 28 heavy (non-hydrogen) atoms. The van der Waals surface area contributed by atoms with Crippen LogP contribution in [-0.2, 0) is 0 Å². The number of nitrogens with zero attached hydrogens (tertiary/aromatic N) is 3. The molecule has 0 saturated carbocycles. The lowest BCUT2D eigenvalue weighted by Gasteiger charge is -2.19. The van der Waals surface area contributed by atoms with E-state index in [0.717, 1.165) is 37.6 Å². The lowest BCUT2D eigenvalue weighted by Crippen LogP contribution is -3.10. The van der Waals surface area contributed by atoms with Gasteiger partial charge in [0.15, 0.2) is 0 Å². The third-order valence-electron chi connectivity index (χ3n) is 4.47. The van der Waals surface area contributed by atoms with Crippen molar-refractivity contribution in [3.63, 3.8) is 0 Å². The molecule has 0 fully saturated rings. The summed E-state index contributed by atoms with van der Waals surface area (Å²) in [6.07, 6.45) is 0. The summed E-state index contributed by atoms with van der Waals surface area (Å²) in [5.41, 5.74) is 7.75. The van der Waals surface area contributed by atoms with Gasteiger partial charge in [0.2, 0.25) is 5.84 Å². The van der Waals surface area contributed by atoms with Crippen molar-refractivity contribution in [3.05, 3.63) is 90.0 Å². The molecule has 0 aliphatic carbocycles. The maximum atomic E-state index is 4.90. The molecule has 140 valence electrons. The molecule has 0 bridgehead atoms. The summed E-state index contributed by atoms with van der Waals surface area (Å²) in [5.74, 6) is 0.824. The molecule has 2 heterocycles. The van der Waals surface area contributed by atoms with Gasteiger partial charge in [-0.05, 0) is 41.4 Å². The van der Waals surface area contributed by atoms with Crippen molar-refractivity contribution in [3.8, 4) is 0 Å². The largest absolute Gasteiger partial charge is 1.00 e. The molecule has 1 unspecified atom stereocenters. The molecule has 1 aliphatic rings. The number of thiazole rings is 1. The number of nitrogens with one attached hydrogen (secondary N) is 2. The summed E-state index contributed by atoms with van der Waals surface area (Å²) in [5, 5.41) is 8.63. The van der Waals surface area contributed by atoms with E-state index >= 15 is 0 Å². The van der Waals surface area contributed by atoms with Gasteiger partial charge in [-0.3, -0.25) is 0 Å².